The molecule has 0 unspecified atom stereocenters. The Balaban J connectivity index is 1.73. The molecule has 1 radical (unpaired) electrons. The van der Waals surface area contributed by atoms with Gasteiger partial charge in [0.1, 0.15) is 11.5 Å². The summed E-state index contributed by atoms with van der Waals surface area (Å²) in [5.41, 5.74) is 3.45. The minimum Gasteiger partial charge on any atom is -0.493 e. The summed E-state index contributed by atoms with van der Waals surface area (Å²) in [6.07, 6.45) is 13.2. The van der Waals surface area contributed by atoms with Crippen molar-refractivity contribution in [1.82, 2.24) is 0 Å². The van der Waals surface area contributed by atoms with E-state index in [9.17, 15) is 0 Å². The van der Waals surface area contributed by atoms with Crippen LogP contribution in [-0.4, -0.2) is 13.2 Å². The minimum atomic E-state index is 0.643. The van der Waals surface area contributed by atoms with Crippen LogP contribution >= 0.6 is 0 Å². The van der Waals surface area contributed by atoms with E-state index >= 15 is 0 Å². The fourth-order valence-corrected chi connectivity index (χ4v) is 3.42. The molecular weight excluding hydrogens is 404 g/mol. The summed E-state index contributed by atoms with van der Waals surface area (Å²) in [5.74, 6) is 2.91. The number of allylic oxidation sites excluding steroid dienone is 4. The quantitative estimate of drug-likeness (QED) is 0.155. The summed E-state index contributed by atoms with van der Waals surface area (Å²) in [6.45, 7) is 8.64. The van der Waals surface area contributed by atoms with Crippen LogP contribution in [0.5, 0.6) is 11.5 Å². The SMILES string of the molecule is C=CC=CCCOc1ccc([C](c2ccccc2)c2ccc(OCCC=CC=C)cc2)cc1. The van der Waals surface area contributed by atoms with Crippen molar-refractivity contribution in [3.05, 3.63) is 151 Å². The predicted molar refractivity (Wildman–Crippen MR) is 139 cm³/mol. The Morgan fingerprint density at radius 1 is 0.576 bits per heavy atom. The second-order valence-electron chi connectivity index (χ2n) is 7.39. The van der Waals surface area contributed by atoms with Crippen LogP contribution in [0.1, 0.15) is 29.5 Å². The van der Waals surface area contributed by atoms with E-state index in [1.54, 1.807) is 12.2 Å². The molecule has 33 heavy (non-hydrogen) atoms. The summed E-state index contributed by atoms with van der Waals surface area (Å²) in [6, 6.07) is 27.1. The van der Waals surface area contributed by atoms with Gasteiger partial charge < -0.3 is 9.47 Å². The van der Waals surface area contributed by atoms with Crippen molar-refractivity contribution >= 4 is 0 Å². The van der Waals surface area contributed by atoms with Gasteiger partial charge in [-0.3, -0.25) is 0 Å². The van der Waals surface area contributed by atoms with Gasteiger partial charge in [-0.15, -0.1) is 0 Å². The van der Waals surface area contributed by atoms with E-state index in [0.29, 0.717) is 13.2 Å². The molecule has 2 heteroatoms. The lowest BCUT2D eigenvalue weighted by Gasteiger charge is -2.19. The molecule has 0 heterocycles. The van der Waals surface area contributed by atoms with Crippen molar-refractivity contribution in [3.63, 3.8) is 0 Å². The average Bonchev–Trinajstić information content (AvgIpc) is 2.86. The smallest absolute Gasteiger partial charge is 0.119 e. The van der Waals surface area contributed by atoms with Crippen molar-refractivity contribution in [1.29, 1.82) is 0 Å². The van der Waals surface area contributed by atoms with Crippen LogP contribution in [0.4, 0.5) is 0 Å². The van der Waals surface area contributed by atoms with Crippen LogP contribution in [-0.2, 0) is 0 Å². The van der Waals surface area contributed by atoms with Crippen LogP contribution in [0.25, 0.3) is 0 Å². The van der Waals surface area contributed by atoms with Gasteiger partial charge in [-0.2, -0.15) is 0 Å². The molecule has 0 N–H and O–H groups in total. The van der Waals surface area contributed by atoms with Gasteiger partial charge >= 0.3 is 0 Å². The molecule has 3 rings (SSSR count). The lowest BCUT2D eigenvalue weighted by atomic mass is 9.85. The zero-order chi connectivity index (χ0) is 23.1. The second-order valence-corrected chi connectivity index (χ2v) is 7.39. The Morgan fingerprint density at radius 2 is 1.00 bits per heavy atom. The van der Waals surface area contributed by atoms with Crippen molar-refractivity contribution in [3.8, 4) is 11.5 Å². The number of rotatable bonds is 13. The predicted octanol–water partition coefficient (Wildman–Crippen LogP) is 7.73. The molecule has 0 atom stereocenters. The van der Waals surface area contributed by atoms with E-state index < -0.39 is 0 Å². The minimum absolute atomic E-state index is 0.643. The molecule has 0 saturated heterocycles. The first-order valence-electron chi connectivity index (χ1n) is 11.3. The molecule has 0 aliphatic heterocycles. The van der Waals surface area contributed by atoms with Gasteiger partial charge in [-0.05, 0) is 53.8 Å². The summed E-state index contributed by atoms with van der Waals surface area (Å²) in [4.78, 5) is 0. The first-order valence-corrected chi connectivity index (χ1v) is 11.3. The molecule has 0 fully saturated rings. The van der Waals surface area contributed by atoms with Crippen LogP contribution in [0, 0.1) is 5.92 Å². The van der Waals surface area contributed by atoms with Crippen LogP contribution in [0.2, 0.25) is 0 Å². The largest absolute Gasteiger partial charge is 0.493 e. The maximum Gasteiger partial charge on any atom is 0.119 e. The van der Waals surface area contributed by atoms with E-state index in [1.165, 1.54) is 11.5 Å². The van der Waals surface area contributed by atoms with Gasteiger partial charge in [0.25, 0.3) is 0 Å². The normalized spacial score (nSPS) is 11.2. The first kappa shape index (κ1) is 23.9. The third kappa shape index (κ3) is 7.69. The molecule has 0 saturated carbocycles. The van der Waals surface area contributed by atoms with Crippen molar-refractivity contribution in [2.45, 2.75) is 12.8 Å². The summed E-state index contributed by atoms with van der Waals surface area (Å²) in [5, 5.41) is 0. The van der Waals surface area contributed by atoms with Gasteiger partial charge in [0, 0.05) is 0 Å². The lowest BCUT2D eigenvalue weighted by molar-refractivity contribution is 0.325. The molecule has 0 aromatic heterocycles. The van der Waals surface area contributed by atoms with Crippen LogP contribution in [0.15, 0.2) is 128 Å². The second kappa shape index (κ2) is 13.6. The van der Waals surface area contributed by atoms with Crippen LogP contribution in [0.3, 0.4) is 0 Å². The van der Waals surface area contributed by atoms with Crippen molar-refractivity contribution in [2.24, 2.45) is 0 Å². The Bertz CT molecular complexity index is 961. The molecule has 2 nitrogen and oxygen atoms in total. The maximum atomic E-state index is 5.85. The Kier molecular flexibility index (Phi) is 9.83. The Hall–Kier alpha value is -3.78. The maximum absolute atomic E-state index is 5.85. The van der Waals surface area contributed by atoms with Gasteiger partial charge in [0.2, 0.25) is 0 Å². The lowest BCUT2D eigenvalue weighted by Crippen LogP contribution is -2.05. The fraction of sp³-hybridized carbons (Fsp3) is 0.129. The molecule has 0 aliphatic carbocycles. The average molecular weight is 436 g/mol. The molecule has 167 valence electrons. The highest BCUT2D eigenvalue weighted by Crippen LogP contribution is 2.32. The third-order valence-corrected chi connectivity index (χ3v) is 5.00. The van der Waals surface area contributed by atoms with Crippen molar-refractivity contribution in [2.75, 3.05) is 13.2 Å². The molecular formula is C31H31O2. The van der Waals surface area contributed by atoms with Gasteiger partial charge in [-0.1, -0.05) is 104 Å². The summed E-state index contributed by atoms with van der Waals surface area (Å²) in [7, 11) is 0. The third-order valence-electron chi connectivity index (χ3n) is 5.00. The molecule has 3 aromatic carbocycles. The van der Waals surface area contributed by atoms with E-state index in [2.05, 4.69) is 61.7 Å². The fourth-order valence-electron chi connectivity index (χ4n) is 3.42. The zero-order valence-corrected chi connectivity index (χ0v) is 19.0. The van der Waals surface area contributed by atoms with Crippen LogP contribution < -0.4 is 9.47 Å². The monoisotopic (exact) mass is 435 g/mol. The highest BCUT2D eigenvalue weighted by atomic mass is 16.5. The Morgan fingerprint density at radius 3 is 1.42 bits per heavy atom. The molecule has 0 bridgehead atoms. The van der Waals surface area contributed by atoms with Gasteiger partial charge in [-0.25, -0.2) is 0 Å². The van der Waals surface area contributed by atoms with Gasteiger partial charge in [0.05, 0.1) is 19.1 Å². The highest BCUT2D eigenvalue weighted by molar-refractivity contribution is 5.58. The standard InChI is InChI=1S/C31H31O2/c1-3-5-7-12-24-32-29-20-16-27(17-21-29)31(26-14-10-9-11-15-26)28-18-22-30(23-19-28)33-25-13-8-6-4-2/h3-11,14-23H,1-2,12-13,24-25H2. The number of hydrogen-bond donors (Lipinski definition) is 0. The summed E-state index contributed by atoms with van der Waals surface area (Å²) >= 11 is 0. The van der Waals surface area contributed by atoms with E-state index in [4.69, 9.17) is 9.47 Å². The molecule has 0 amide bonds. The molecule has 0 spiro atoms. The Labute approximate surface area is 198 Å². The number of benzene rings is 3. The number of ether oxygens (including phenoxy) is 2. The van der Waals surface area contributed by atoms with E-state index in [1.807, 2.05) is 54.6 Å². The molecule has 0 aliphatic rings. The van der Waals surface area contributed by atoms with Crippen molar-refractivity contribution < 1.29 is 9.47 Å². The van der Waals surface area contributed by atoms with E-state index in [-0.39, 0.29) is 0 Å². The number of hydrogen-bond acceptors (Lipinski definition) is 2. The summed E-state index contributed by atoms with van der Waals surface area (Å²) < 4.78 is 11.7. The van der Waals surface area contributed by atoms with E-state index in [0.717, 1.165) is 35.5 Å². The highest BCUT2D eigenvalue weighted by Gasteiger charge is 2.18. The topological polar surface area (TPSA) is 18.5 Å². The first-order chi connectivity index (χ1) is 16.3. The molecule has 3 aromatic rings. The van der Waals surface area contributed by atoms with Gasteiger partial charge in [0.15, 0.2) is 0 Å². The zero-order valence-electron chi connectivity index (χ0n) is 19.0.